The molecule has 2 aromatic carbocycles. The number of piperidine rings is 1. The molecule has 1 unspecified atom stereocenters. The first kappa shape index (κ1) is 16.7. The summed E-state index contributed by atoms with van der Waals surface area (Å²) in [6.07, 6.45) is 1.04. The van der Waals surface area contributed by atoms with Gasteiger partial charge in [0, 0.05) is 24.2 Å². The Morgan fingerprint density at radius 1 is 1.12 bits per heavy atom. The Labute approximate surface area is 145 Å². The average Bonchev–Trinajstić information content (AvgIpc) is 2.62. The van der Waals surface area contributed by atoms with E-state index in [0.717, 1.165) is 18.4 Å². The quantitative estimate of drug-likeness (QED) is 0.665. The van der Waals surface area contributed by atoms with Gasteiger partial charge in [0.05, 0.1) is 11.0 Å². The van der Waals surface area contributed by atoms with Gasteiger partial charge in [-0.25, -0.2) is 0 Å². The van der Waals surface area contributed by atoms with Crippen LogP contribution in [0, 0.1) is 16.0 Å². The SMILES string of the molecule is O=[N+]([O-])c1ccccc1N1CCC(C(O)c2ccc(Cl)cc2)CC1. The lowest BCUT2D eigenvalue weighted by atomic mass is 9.87. The number of hydrogen-bond acceptors (Lipinski definition) is 4. The van der Waals surface area contributed by atoms with E-state index in [2.05, 4.69) is 0 Å². The second-order valence-electron chi connectivity index (χ2n) is 6.07. The van der Waals surface area contributed by atoms with E-state index in [-0.39, 0.29) is 16.5 Å². The maximum absolute atomic E-state index is 11.2. The van der Waals surface area contributed by atoms with Crippen molar-refractivity contribution in [2.75, 3.05) is 18.0 Å². The molecule has 1 fully saturated rings. The van der Waals surface area contributed by atoms with E-state index in [1.165, 1.54) is 6.07 Å². The minimum atomic E-state index is -0.532. The number of aliphatic hydroxyl groups excluding tert-OH is 1. The summed E-state index contributed by atoms with van der Waals surface area (Å²) in [5, 5.41) is 22.4. The van der Waals surface area contributed by atoms with Crippen LogP contribution in [-0.4, -0.2) is 23.1 Å². The van der Waals surface area contributed by atoms with Crippen LogP contribution >= 0.6 is 11.6 Å². The molecule has 6 heteroatoms. The van der Waals surface area contributed by atoms with Crippen molar-refractivity contribution in [1.29, 1.82) is 0 Å². The summed E-state index contributed by atoms with van der Waals surface area (Å²) >= 11 is 5.89. The number of nitro benzene ring substituents is 1. The minimum Gasteiger partial charge on any atom is -0.388 e. The van der Waals surface area contributed by atoms with Crippen molar-refractivity contribution in [1.82, 2.24) is 0 Å². The lowest BCUT2D eigenvalue weighted by molar-refractivity contribution is -0.384. The number of nitro groups is 1. The summed E-state index contributed by atoms with van der Waals surface area (Å²) in [5.41, 5.74) is 1.65. The summed E-state index contributed by atoms with van der Waals surface area (Å²) in [4.78, 5) is 12.9. The van der Waals surface area contributed by atoms with Crippen LogP contribution in [0.5, 0.6) is 0 Å². The maximum Gasteiger partial charge on any atom is 0.292 e. The van der Waals surface area contributed by atoms with E-state index in [1.54, 1.807) is 24.3 Å². The van der Waals surface area contributed by atoms with Gasteiger partial charge in [0.1, 0.15) is 5.69 Å². The molecule has 5 nitrogen and oxygen atoms in total. The molecule has 3 rings (SSSR count). The van der Waals surface area contributed by atoms with E-state index < -0.39 is 6.10 Å². The Hall–Kier alpha value is -2.11. The van der Waals surface area contributed by atoms with Gasteiger partial charge in [0.15, 0.2) is 0 Å². The van der Waals surface area contributed by atoms with Gasteiger partial charge in [-0.1, -0.05) is 35.9 Å². The number of halogens is 1. The molecule has 24 heavy (non-hydrogen) atoms. The van der Waals surface area contributed by atoms with Gasteiger partial charge in [-0.2, -0.15) is 0 Å². The number of hydrogen-bond donors (Lipinski definition) is 1. The molecule has 0 amide bonds. The number of aliphatic hydroxyl groups is 1. The van der Waals surface area contributed by atoms with Gasteiger partial charge in [-0.15, -0.1) is 0 Å². The lowest BCUT2D eigenvalue weighted by Gasteiger charge is -2.35. The van der Waals surface area contributed by atoms with Gasteiger partial charge >= 0.3 is 0 Å². The normalized spacial score (nSPS) is 16.8. The Morgan fingerprint density at radius 3 is 2.38 bits per heavy atom. The third kappa shape index (κ3) is 3.52. The molecule has 1 atom stereocenters. The van der Waals surface area contributed by atoms with Crippen LogP contribution in [-0.2, 0) is 0 Å². The van der Waals surface area contributed by atoms with E-state index in [0.29, 0.717) is 23.8 Å². The fourth-order valence-electron chi connectivity index (χ4n) is 3.27. The van der Waals surface area contributed by atoms with Crippen LogP contribution < -0.4 is 4.90 Å². The molecule has 0 saturated carbocycles. The highest BCUT2D eigenvalue weighted by Gasteiger charge is 2.28. The summed E-state index contributed by atoms with van der Waals surface area (Å²) in [6.45, 7) is 1.39. The second-order valence-corrected chi connectivity index (χ2v) is 6.50. The average molecular weight is 347 g/mol. The summed E-state index contributed by atoms with van der Waals surface area (Å²) in [6, 6.07) is 14.1. The molecule has 1 aliphatic heterocycles. The standard InChI is InChI=1S/C18H19ClN2O3/c19-15-7-5-13(6-8-15)18(22)14-9-11-20(12-10-14)16-3-1-2-4-17(16)21(23)24/h1-8,14,18,22H,9-12H2. The highest BCUT2D eigenvalue weighted by atomic mass is 35.5. The van der Waals surface area contributed by atoms with Crippen molar-refractivity contribution in [2.24, 2.45) is 5.92 Å². The molecule has 1 N–H and O–H groups in total. The smallest absolute Gasteiger partial charge is 0.292 e. The number of anilines is 1. The van der Waals surface area contributed by atoms with Crippen LogP contribution in [0.3, 0.4) is 0 Å². The van der Waals surface area contributed by atoms with Crippen molar-refractivity contribution >= 4 is 23.0 Å². The van der Waals surface area contributed by atoms with Crippen LogP contribution in [0.2, 0.25) is 5.02 Å². The first-order valence-electron chi connectivity index (χ1n) is 7.98. The molecule has 0 aliphatic carbocycles. The molecule has 0 aromatic heterocycles. The topological polar surface area (TPSA) is 66.6 Å². The zero-order valence-corrected chi connectivity index (χ0v) is 13.9. The van der Waals surface area contributed by atoms with Crippen molar-refractivity contribution in [3.8, 4) is 0 Å². The summed E-state index contributed by atoms with van der Waals surface area (Å²) < 4.78 is 0. The lowest BCUT2D eigenvalue weighted by Crippen LogP contribution is -2.36. The second kappa shape index (κ2) is 7.20. The Bertz CT molecular complexity index is 712. The summed E-state index contributed by atoms with van der Waals surface area (Å²) in [5.74, 6) is 0.144. The van der Waals surface area contributed by atoms with Gasteiger partial charge in [0.25, 0.3) is 5.69 Å². The molecule has 1 saturated heterocycles. The monoisotopic (exact) mass is 346 g/mol. The van der Waals surface area contributed by atoms with E-state index >= 15 is 0 Å². The van der Waals surface area contributed by atoms with Crippen molar-refractivity contribution < 1.29 is 10.0 Å². The molecule has 0 radical (unpaired) electrons. The van der Waals surface area contributed by atoms with E-state index in [1.807, 2.05) is 23.1 Å². The molecule has 1 aliphatic rings. The molecule has 0 bridgehead atoms. The van der Waals surface area contributed by atoms with Gasteiger partial charge in [-0.05, 0) is 42.5 Å². The summed E-state index contributed by atoms with van der Waals surface area (Å²) in [7, 11) is 0. The molecular formula is C18H19ClN2O3. The third-order valence-electron chi connectivity index (χ3n) is 4.62. The first-order valence-corrected chi connectivity index (χ1v) is 8.36. The minimum absolute atomic E-state index is 0.134. The third-order valence-corrected chi connectivity index (χ3v) is 4.87. The van der Waals surface area contributed by atoms with Crippen LogP contribution in [0.15, 0.2) is 48.5 Å². The molecule has 2 aromatic rings. The van der Waals surface area contributed by atoms with Crippen molar-refractivity contribution in [3.05, 3.63) is 69.2 Å². The molecule has 126 valence electrons. The fourth-order valence-corrected chi connectivity index (χ4v) is 3.40. The van der Waals surface area contributed by atoms with Crippen molar-refractivity contribution in [3.63, 3.8) is 0 Å². The Morgan fingerprint density at radius 2 is 1.75 bits per heavy atom. The fraction of sp³-hybridized carbons (Fsp3) is 0.333. The Kier molecular flexibility index (Phi) is 5.02. The predicted octanol–water partition coefficient (Wildman–Crippen LogP) is 4.20. The number of benzene rings is 2. The van der Waals surface area contributed by atoms with Gasteiger partial charge < -0.3 is 10.0 Å². The molecule has 0 spiro atoms. The van der Waals surface area contributed by atoms with Crippen LogP contribution in [0.25, 0.3) is 0 Å². The number of para-hydroxylation sites is 2. The number of rotatable bonds is 4. The zero-order valence-electron chi connectivity index (χ0n) is 13.1. The Balaban J connectivity index is 1.68. The molecular weight excluding hydrogens is 328 g/mol. The first-order chi connectivity index (χ1) is 11.6. The van der Waals surface area contributed by atoms with Crippen LogP contribution in [0.4, 0.5) is 11.4 Å². The number of nitrogens with zero attached hydrogens (tertiary/aromatic N) is 2. The maximum atomic E-state index is 11.2. The van der Waals surface area contributed by atoms with Crippen molar-refractivity contribution in [2.45, 2.75) is 18.9 Å². The highest BCUT2D eigenvalue weighted by molar-refractivity contribution is 6.30. The largest absolute Gasteiger partial charge is 0.388 e. The van der Waals surface area contributed by atoms with Gasteiger partial charge in [0.2, 0.25) is 0 Å². The van der Waals surface area contributed by atoms with E-state index in [4.69, 9.17) is 11.6 Å². The zero-order chi connectivity index (χ0) is 17.1. The van der Waals surface area contributed by atoms with Gasteiger partial charge in [-0.3, -0.25) is 10.1 Å². The molecule has 1 heterocycles. The predicted molar refractivity (Wildman–Crippen MR) is 94.4 cm³/mol. The highest BCUT2D eigenvalue weighted by Crippen LogP contribution is 2.35. The van der Waals surface area contributed by atoms with E-state index in [9.17, 15) is 15.2 Å². The van der Waals surface area contributed by atoms with Crippen LogP contribution in [0.1, 0.15) is 24.5 Å².